The van der Waals surface area contributed by atoms with Crippen molar-refractivity contribution in [3.8, 4) is 0 Å². The van der Waals surface area contributed by atoms with Gasteiger partial charge in [0.15, 0.2) is 0 Å². The highest BCUT2D eigenvalue weighted by molar-refractivity contribution is 7.09. The Labute approximate surface area is 93.1 Å². The highest BCUT2D eigenvalue weighted by atomic mass is 32.1. The zero-order valence-electron chi connectivity index (χ0n) is 8.53. The lowest BCUT2D eigenvalue weighted by atomic mass is 10.4. The average Bonchev–Trinajstić information content (AvgIpc) is 2.92. The van der Waals surface area contributed by atoms with Crippen molar-refractivity contribution in [2.75, 3.05) is 13.1 Å². The molecule has 2 rings (SSSR count). The van der Waals surface area contributed by atoms with Gasteiger partial charge in [-0.2, -0.15) is 0 Å². The second kappa shape index (κ2) is 5.23. The smallest absolute Gasteiger partial charge is 0.233 e. The molecule has 1 aliphatic rings. The van der Waals surface area contributed by atoms with Crippen LogP contribution < -0.4 is 10.6 Å². The average molecular weight is 225 g/mol. The molecule has 0 saturated heterocycles. The lowest BCUT2D eigenvalue weighted by Crippen LogP contribution is -2.34. The molecule has 1 amide bonds. The van der Waals surface area contributed by atoms with Gasteiger partial charge in [0.2, 0.25) is 5.91 Å². The summed E-state index contributed by atoms with van der Waals surface area (Å²) < 4.78 is 0. The van der Waals surface area contributed by atoms with Crippen molar-refractivity contribution < 1.29 is 4.79 Å². The number of hydrogen-bond acceptors (Lipinski definition) is 4. The van der Waals surface area contributed by atoms with Gasteiger partial charge in [0, 0.05) is 24.7 Å². The van der Waals surface area contributed by atoms with Crippen molar-refractivity contribution in [1.82, 2.24) is 15.6 Å². The molecular weight excluding hydrogens is 210 g/mol. The van der Waals surface area contributed by atoms with E-state index in [9.17, 15) is 4.79 Å². The number of carbonyl (C=O) groups excluding carboxylic acids is 1. The van der Waals surface area contributed by atoms with Crippen LogP contribution in [0.2, 0.25) is 0 Å². The van der Waals surface area contributed by atoms with Gasteiger partial charge in [-0.1, -0.05) is 0 Å². The first-order valence-electron chi connectivity index (χ1n) is 5.20. The Balaban J connectivity index is 1.54. The van der Waals surface area contributed by atoms with Crippen LogP contribution in [0, 0.1) is 5.92 Å². The first-order valence-corrected chi connectivity index (χ1v) is 6.08. The fourth-order valence-electron chi connectivity index (χ4n) is 1.27. The van der Waals surface area contributed by atoms with E-state index in [-0.39, 0.29) is 5.91 Å². The van der Waals surface area contributed by atoms with Crippen LogP contribution in [0.1, 0.15) is 17.8 Å². The van der Waals surface area contributed by atoms with E-state index in [1.165, 1.54) is 12.8 Å². The number of nitrogens with one attached hydrogen (secondary N) is 2. The normalized spacial score (nSPS) is 15.2. The molecule has 1 aromatic heterocycles. The summed E-state index contributed by atoms with van der Waals surface area (Å²) in [6.45, 7) is 1.90. The van der Waals surface area contributed by atoms with E-state index in [2.05, 4.69) is 15.6 Å². The maximum Gasteiger partial charge on any atom is 0.233 e. The second-order valence-electron chi connectivity index (χ2n) is 3.78. The zero-order valence-corrected chi connectivity index (χ0v) is 9.35. The number of thiazole rings is 1. The number of carbonyl (C=O) groups is 1. The number of amides is 1. The van der Waals surface area contributed by atoms with E-state index in [0.717, 1.165) is 17.5 Å². The Morgan fingerprint density at radius 3 is 3.13 bits per heavy atom. The lowest BCUT2D eigenvalue weighted by Gasteiger charge is -2.04. The number of nitrogens with zero attached hydrogens (tertiary/aromatic N) is 1. The molecule has 82 valence electrons. The second-order valence-corrected chi connectivity index (χ2v) is 4.76. The molecule has 2 N–H and O–H groups in total. The molecule has 1 heterocycles. The van der Waals surface area contributed by atoms with E-state index in [1.807, 2.05) is 5.38 Å². The van der Waals surface area contributed by atoms with E-state index in [1.54, 1.807) is 17.5 Å². The third kappa shape index (κ3) is 3.97. The predicted molar refractivity (Wildman–Crippen MR) is 59.6 cm³/mol. The van der Waals surface area contributed by atoms with Crippen molar-refractivity contribution in [3.05, 3.63) is 16.6 Å². The summed E-state index contributed by atoms with van der Waals surface area (Å²) in [5.74, 6) is 0.825. The highest BCUT2D eigenvalue weighted by Crippen LogP contribution is 2.27. The molecule has 0 radical (unpaired) electrons. The Morgan fingerprint density at radius 2 is 2.47 bits per heavy atom. The summed E-state index contributed by atoms with van der Waals surface area (Å²) in [6.07, 6.45) is 4.31. The van der Waals surface area contributed by atoms with E-state index >= 15 is 0 Å². The largest absolute Gasteiger partial charge is 0.355 e. The molecule has 5 heteroatoms. The number of rotatable bonds is 6. The fourth-order valence-corrected chi connectivity index (χ4v) is 1.85. The molecule has 1 saturated carbocycles. The van der Waals surface area contributed by atoms with E-state index in [0.29, 0.717) is 13.1 Å². The van der Waals surface area contributed by atoms with Crippen molar-refractivity contribution in [2.45, 2.75) is 19.4 Å². The topological polar surface area (TPSA) is 54.0 Å². The minimum atomic E-state index is 0.0819. The van der Waals surface area contributed by atoms with Crippen molar-refractivity contribution in [3.63, 3.8) is 0 Å². The molecule has 1 aliphatic carbocycles. The van der Waals surface area contributed by atoms with Crippen LogP contribution in [0.3, 0.4) is 0 Å². The summed E-state index contributed by atoms with van der Waals surface area (Å²) >= 11 is 1.60. The predicted octanol–water partition coefficient (Wildman–Crippen LogP) is 0.759. The van der Waals surface area contributed by atoms with Crippen LogP contribution in [0.25, 0.3) is 0 Å². The molecule has 0 bridgehead atoms. The van der Waals surface area contributed by atoms with E-state index in [4.69, 9.17) is 0 Å². The molecule has 1 aromatic rings. The first kappa shape index (κ1) is 10.6. The maximum atomic E-state index is 11.3. The SMILES string of the molecule is O=C(CNCc1nccs1)NCC1CC1. The molecule has 0 spiro atoms. The Hall–Kier alpha value is -0.940. The third-order valence-electron chi connectivity index (χ3n) is 2.33. The van der Waals surface area contributed by atoms with Gasteiger partial charge in [-0.25, -0.2) is 4.98 Å². The van der Waals surface area contributed by atoms with Crippen LogP contribution in [-0.2, 0) is 11.3 Å². The van der Waals surface area contributed by atoms with E-state index < -0.39 is 0 Å². The van der Waals surface area contributed by atoms with Crippen molar-refractivity contribution >= 4 is 17.2 Å². The molecule has 0 aromatic carbocycles. The monoisotopic (exact) mass is 225 g/mol. The van der Waals surface area contributed by atoms with Gasteiger partial charge in [-0.05, 0) is 18.8 Å². The lowest BCUT2D eigenvalue weighted by molar-refractivity contribution is -0.120. The highest BCUT2D eigenvalue weighted by Gasteiger charge is 2.21. The summed E-state index contributed by atoms with van der Waals surface area (Å²) in [6, 6.07) is 0. The summed E-state index contributed by atoms with van der Waals surface area (Å²) in [5, 5.41) is 8.93. The molecular formula is C10H15N3OS. The fraction of sp³-hybridized carbons (Fsp3) is 0.600. The van der Waals surface area contributed by atoms with Gasteiger partial charge < -0.3 is 10.6 Å². The van der Waals surface area contributed by atoms with Crippen LogP contribution in [-0.4, -0.2) is 24.0 Å². The maximum absolute atomic E-state index is 11.3. The minimum absolute atomic E-state index is 0.0819. The molecule has 15 heavy (non-hydrogen) atoms. The summed E-state index contributed by atoms with van der Waals surface area (Å²) in [4.78, 5) is 15.4. The summed E-state index contributed by atoms with van der Waals surface area (Å²) in [5.41, 5.74) is 0. The first-order chi connectivity index (χ1) is 7.34. The summed E-state index contributed by atoms with van der Waals surface area (Å²) in [7, 11) is 0. The van der Waals surface area contributed by atoms with Gasteiger partial charge in [0.25, 0.3) is 0 Å². The quantitative estimate of drug-likeness (QED) is 0.751. The minimum Gasteiger partial charge on any atom is -0.355 e. The van der Waals surface area contributed by atoms with Crippen LogP contribution >= 0.6 is 11.3 Å². The van der Waals surface area contributed by atoms with Gasteiger partial charge in [0.05, 0.1) is 6.54 Å². The zero-order chi connectivity index (χ0) is 10.5. The molecule has 0 atom stereocenters. The Morgan fingerprint density at radius 1 is 1.60 bits per heavy atom. The van der Waals surface area contributed by atoms with Crippen LogP contribution in [0.4, 0.5) is 0 Å². The molecule has 4 nitrogen and oxygen atoms in total. The van der Waals surface area contributed by atoms with Crippen LogP contribution in [0.15, 0.2) is 11.6 Å². The van der Waals surface area contributed by atoms with Gasteiger partial charge >= 0.3 is 0 Å². The number of hydrogen-bond donors (Lipinski definition) is 2. The van der Waals surface area contributed by atoms with Gasteiger partial charge in [-0.15, -0.1) is 11.3 Å². The Kier molecular flexibility index (Phi) is 3.69. The molecule has 1 fully saturated rings. The van der Waals surface area contributed by atoms with Crippen LogP contribution in [0.5, 0.6) is 0 Å². The van der Waals surface area contributed by atoms with Crippen molar-refractivity contribution in [2.24, 2.45) is 5.92 Å². The van der Waals surface area contributed by atoms with Gasteiger partial charge in [0.1, 0.15) is 5.01 Å². The molecule has 0 aliphatic heterocycles. The van der Waals surface area contributed by atoms with Crippen molar-refractivity contribution in [1.29, 1.82) is 0 Å². The third-order valence-corrected chi connectivity index (χ3v) is 3.11. The standard InChI is InChI=1S/C10H15N3OS/c14-9(13-5-8-1-2-8)6-11-7-10-12-3-4-15-10/h3-4,8,11H,1-2,5-7H2,(H,13,14). The van der Waals surface area contributed by atoms with Gasteiger partial charge in [-0.3, -0.25) is 4.79 Å². The Bertz CT molecular complexity index is 308. The number of aromatic nitrogens is 1. The molecule has 0 unspecified atom stereocenters.